The molecule has 0 aromatic rings. The Morgan fingerprint density at radius 1 is 1.08 bits per heavy atom. The molecule has 0 saturated heterocycles. The zero-order valence-corrected chi connectivity index (χ0v) is 8.14. The Labute approximate surface area is 75.7 Å². The van der Waals surface area contributed by atoms with Gasteiger partial charge in [0.1, 0.15) is 0 Å². The van der Waals surface area contributed by atoms with E-state index in [0.29, 0.717) is 0 Å². The van der Waals surface area contributed by atoms with Crippen LogP contribution in [0.2, 0.25) is 0 Å². The summed E-state index contributed by atoms with van der Waals surface area (Å²) in [4.78, 5) is 11.7. The summed E-state index contributed by atoms with van der Waals surface area (Å²) in [5, 5.41) is 0. The third kappa shape index (κ3) is 3.24. The molecule has 0 spiro atoms. The summed E-state index contributed by atoms with van der Waals surface area (Å²) in [6.07, 6.45) is -4.77. The average molecular weight is 197 g/mol. The van der Waals surface area contributed by atoms with Crippen molar-refractivity contribution < 1.29 is 18.0 Å². The summed E-state index contributed by atoms with van der Waals surface area (Å²) in [6.45, 7) is 6.24. The maximum atomic E-state index is 12.0. The smallest absolute Gasteiger partial charge is 0.330 e. The summed E-state index contributed by atoms with van der Waals surface area (Å²) in [6, 6.07) is -0.872. The summed E-state index contributed by atoms with van der Waals surface area (Å²) in [5.41, 5.74) is 0. The first-order valence-electron chi connectivity index (χ1n) is 4.07. The largest absolute Gasteiger partial charge is 0.471 e. The summed E-state index contributed by atoms with van der Waals surface area (Å²) >= 11 is 0. The number of amides is 1. The van der Waals surface area contributed by atoms with E-state index in [-0.39, 0.29) is 0 Å². The van der Waals surface area contributed by atoms with Gasteiger partial charge in [-0.2, -0.15) is 13.2 Å². The first kappa shape index (κ1) is 12.3. The Morgan fingerprint density at radius 2 is 1.38 bits per heavy atom. The summed E-state index contributed by atoms with van der Waals surface area (Å²) in [7, 11) is 0. The molecular formula is C8H14F3NO. The van der Waals surface area contributed by atoms with Crippen molar-refractivity contribution in [3.63, 3.8) is 0 Å². The van der Waals surface area contributed by atoms with Gasteiger partial charge in [0.25, 0.3) is 0 Å². The predicted molar refractivity (Wildman–Crippen MR) is 43.2 cm³/mol. The minimum Gasteiger partial charge on any atom is -0.330 e. The van der Waals surface area contributed by atoms with Gasteiger partial charge in [-0.15, -0.1) is 0 Å². The fourth-order valence-corrected chi connectivity index (χ4v) is 1.21. The molecule has 0 heterocycles. The topological polar surface area (TPSA) is 20.3 Å². The summed E-state index contributed by atoms with van der Waals surface area (Å²) < 4.78 is 36.1. The molecule has 0 fully saturated rings. The van der Waals surface area contributed by atoms with Gasteiger partial charge in [-0.25, -0.2) is 0 Å². The molecule has 13 heavy (non-hydrogen) atoms. The van der Waals surface area contributed by atoms with Gasteiger partial charge in [0.15, 0.2) is 0 Å². The lowest BCUT2D eigenvalue weighted by Gasteiger charge is -2.31. The van der Waals surface area contributed by atoms with E-state index in [1.54, 1.807) is 27.7 Å². The Balaban J connectivity index is 4.68. The number of nitrogens with zero attached hydrogens (tertiary/aromatic N) is 1. The number of carbonyl (C=O) groups excluding carboxylic acids is 1. The zero-order chi connectivity index (χ0) is 10.8. The van der Waals surface area contributed by atoms with Crippen LogP contribution in [0.15, 0.2) is 0 Å². The van der Waals surface area contributed by atoms with E-state index in [2.05, 4.69) is 0 Å². The van der Waals surface area contributed by atoms with Crippen LogP contribution in [0.25, 0.3) is 0 Å². The molecule has 5 heteroatoms. The van der Waals surface area contributed by atoms with Crippen LogP contribution in [-0.4, -0.2) is 29.1 Å². The van der Waals surface area contributed by atoms with Gasteiger partial charge in [0.05, 0.1) is 0 Å². The second kappa shape index (κ2) is 3.98. The zero-order valence-electron chi connectivity index (χ0n) is 8.14. The molecule has 0 aromatic carbocycles. The SMILES string of the molecule is CC(C)N(C(=O)C(F)(F)F)C(C)C. The number of carbonyl (C=O) groups is 1. The highest BCUT2D eigenvalue weighted by atomic mass is 19.4. The maximum Gasteiger partial charge on any atom is 0.471 e. The number of hydrogen-bond donors (Lipinski definition) is 0. The van der Waals surface area contributed by atoms with Crippen molar-refractivity contribution in [2.75, 3.05) is 0 Å². The van der Waals surface area contributed by atoms with Gasteiger partial charge < -0.3 is 4.90 Å². The molecule has 0 N–H and O–H groups in total. The van der Waals surface area contributed by atoms with E-state index in [1.165, 1.54) is 0 Å². The number of hydrogen-bond acceptors (Lipinski definition) is 1. The van der Waals surface area contributed by atoms with Crippen molar-refractivity contribution in [2.24, 2.45) is 0 Å². The van der Waals surface area contributed by atoms with Crippen molar-refractivity contribution in [1.29, 1.82) is 0 Å². The summed E-state index contributed by atoms with van der Waals surface area (Å²) in [5.74, 6) is -1.77. The minimum absolute atomic E-state index is 0.436. The van der Waals surface area contributed by atoms with Gasteiger partial charge in [-0.05, 0) is 27.7 Å². The second-order valence-electron chi connectivity index (χ2n) is 3.40. The number of rotatable bonds is 2. The molecule has 0 aliphatic carbocycles. The van der Waals surface area contributed by atoms with Crippen LogP contribution in [0, 0.1) is 0 Å². The van der Waals surface area contributed by atoms with Gasteiger partial charge in [0.2, 0.25) is 0 Å². The predicted octanol–water partition coefficient (Wildman–Crippen LogP) is 2.19. The van der Waals surface area contributed by atoms with E-state index in [0.717, 1.165) is 4.90 Å². The van der Waals surface area contributed by atoms with Crippen molar-refractivity contribution >= 4 is 5.91 Å². The monoisotopic (exact) mass is 197 g/mol. The van der Waals surface area contributed by atoms with Crippen molar-refractivity contribution in [2.45, 2.75) is 46.0 Å². The van der Waals surface area contributed by atoms with Crippen LogP contribution in [-0.2, 0) is 4.79 Å². The molecule has 0 rings (SSSR count). The molecule has 0 radical (unpaired) electrons. The Bertz CT molecular complexity index is 178. The fourth-order valence-electron chi connectivity index (χ4n) is 1.21. The van der Waals surface area contributed by atoms with Gasteiger partial charge in [-0.1, -0.05) is 0 Å². The third-order valence-electron chi connectivity index (χ3n) is 1.59. The molecule has 0 unspecified atom stereocenters. The van der Waals surface area contributed by atoms with Crippen molar-refractivity contribution in [1.82, 2.24) is 4.90 Å². The molecule has 0 saturated carbocycles. The lowest BCUT2D eigenvalue weighted by atomic mass is 10.2. The minimum atomic E-state index is -4.77. The molecule has 0 aliphatic heterocycles. The van der Waals surface area contributed by atoms with Crippen LogP contribution >= 0.6 is 0 Å². The average Bonchev–Trinajstić information content (AvgIpc) is 1.82. The number of halogens is 3. The van der Waals surface area contributed by atoms with E-state index >= 15 is 0 Å². The van der Waals surface area contributed by atoms with E-state index in [1.807, 2.05) is 0 Å². The van der Waals surface area contributed by atoms with Crippen molar-refractivity contribution in [3.8, 4) is 0 Å². The second-order valence-corrected chi connectivity index (χ2v) is 3.40. The van der Waals surface area contributed by atoms with E-state index < -0.39 is 24.2 Å². The van der Waals surface area contributed by atoms with Gasteiger partial charge in [0, 0.05) is 12.1 Å². The highest BCUT2D eigenvalue weighted by Gasteiger charge is 2.43. The molecular weight excluding hydrogens is 183 g/mol. The van der Waals surface area contributed by atoms with Gasteiger partial charge in [-0.3, -0.25) is 4.79 Å². The Hall–Kier alpha value is -0.740. The quantitative estimate of drug-likeness (QED) is 0.664. The van der Waals surface area contributed by atoms with E-state index in [4.69, 9.17) is 0 Å². The maximum absolute atomic E-state index is 12.0. The molecule has 0 aliphatic rings. The first-order valence-corrected chi connectivity index (χ1v) is 4.07. The highest BCUT2D eigenvalue weighted by molar-refractivity contribution is 5.82. The molecule has 0 bridgehead atoms. The first-order chi connectivity index (χ1) is 5.68. The molecule has 2 nitrogen and oxygen atoms in total. The Kier molecular flexibility index (Phi) is 3.75. The van der Waals surface area contributed by atoms with Crippen LogP contribution in [0.5, 0.6) is 0 Å². The normalized spacial score (nSPS) is 12.4. The molecule has 0 atom stereocenters. The molecule has 78 valence electrons. The fraction of sp³-hybridized carbons (Fsp3) is 0.875. The molecule has 1 amide bonds. The lowest BCUT2D eigenvalue weighted by molar-refractivity contribution is -0.189. The highest BCUT2D eigenvalue weighted by Crippen LogP contribution is 2.21. The lowest BCUT2D eigenvalue weighted by Crippen LogP contribution is -2.48. The van der Waals surface area contributed by atoms with Crippen LogP contribution in [0.1, 0.15) is 27.7 Å². The van der Waals surface area contributed by atoms with Crippen LogP contribution in [0.4, 0.5) is 13.2 Å². The third-order valence-corrected chi connectivity index (χ3v) is 1.59. The standard InChI is InChI=1S/C8H14F3NO/c1-5(2)12(6(3)4)7(13)8(9,10)11/h5-6H,1-4H3. The van der Waals surface area contributed by atoms with Crippen LogP contribution < -0.4 is 0 Å². The van der Waals surface area contributed by atoms with E-state index in [9.17, 15) is 18.0 Å². The Morgan fingerprint density at radius 3 is 1.46 bits per heavy atom. The molecule has 0 aromatic heterocycles. The van der Waals surface area contributed by atoms with Crippen LogP contribution in [0.3, 0.4) is 0 Å². The van der Waals surface area contributed by atoms with Crippen molar-refractivity contribution in [3.05, 3.63) is 0 Å². The number of alkyl halides is 3. The van der Waals surface area contributed by atoms with Gasteiger partial charge >= 0.3 is 12.1 Å².